The van der Waals surface area contributed by atoms with Gasteiger partial charge in [-0.15, -0.1) is 0 Å². The van der Waals surface area contributed by atoms with Crippen molar-refractivity contribution in [1.29, 1.82) is 0 Å². The normalized spacial score (nSPS) is 13.3. The molecule has 1 aliphatic carbocycles. The Morgan fingerprint density at radius 1 is 1.28 bits per heavy atom. The maximum Gasteiger partial charge on any atom is 0.315 e. The van der Waals surface area contributed by atoms with Crippen LogP contribution in [0, 0.1) is 0 Å². The van der Waals surface area contributed by atoms with Crippen LogP contribution in [0.25, 0.3) is 0 Å². The Bertz CT molecular complexity index is 760. The van der Waals surface area contributed by atoms with Crippen LogP contribution in [0.2, 0.25) is 5.02 Å². The molecule has 1 aromatic heterocycles. The van der Waals surface area contributed by atoms with Crippen molar-refractivity contribution in [2.45, 2.75) is 18.8 Å². The van der Waals surface area contributed by atoms with Gasteiger partial charge in [0.1, 0.15) is 5.75 Å². The number of nitrogens with one attached hydrogen (secondary N) is 2. The summed E-state index contributed by atoms with van der Waals surface area (Å²) in [6.07, 6.45) is 2.06. The molecule has 0 atom stereocenters. The van der Waals surface area contributed by atoms with E-state index >= 15 is 0 Å². The predicted octanol–water partition coefficient (Wildman–Crippen LogP) is 1.53. The van der Waals surface area contributed by atoms with Gasteiger partial charge in [-0.1, -0.05) is 22.8 Å². The van der Waals surface area contributed by atoms with Crippen LogP contribution in [-0.2, 0) is 4.79 Å². The second kappa shape index (κ2) is 7.98. The molecule has 0 unspecified atom stereocenters. The Kier molecular flexibility index (Phi) is 5.49. The van der Waals surface area contributed by atoms with Gasteiger partial charge in [0.25, 0.3) is 5.91 Å². The number of carbonyl (C=O) groups excluding carboxylic acids is 2. The van der Waals surface area contributed by atoms with Crippen LogP contribution in [0.5, 0.6) is 5.75 Å². The first kappa shape index (κ1) is 17.2. The van der Waals surface area contributed by atoms with Crippen molar-refractivity contribution in [1.82, 2.24) is 20.8 Å². The Morgan fingerprint density at radius 3 is 2.84 bits per heavy atom. The predicted molar refractivity (Wildman–Crippen MR) is 88.6 cm³/mol. The largest absolute Gasteiger partial charge is 0.484 e. The molecule has 1 fully saturated rings. The highest BCUT2D eigenvalue weighted by Gasteiger charge is 2.29. The van der Waals surface area contributed by atoms with Crippen LogP contribution in [0.15, 0.2) is 28.8 Å². The van der Waals surface area contributed by atoms with E-state index in [0.717, 1.165) is 12.8 Å². The smallest absolute Gasteiger partial charge is 0.315 e. The van der Waals surface area contributed by atoms with Crippen LogP contribution in [-0.4, -0.2) is 41.7 Å². The first-order chi connectivity index (χ1) is 12.1. The van der Waals surface area contributed by atoms with Gasteiger partial charge in [-0.25, -0.2) is 0 Å². The molecule has 0 saturated heterocycles. The topological polar surface area (TPSA) is 106 Å². The maximum absolute atomic E-state index is 11.8. The van der Waals surface area contributed by atoms with Gasteiger partial charge in [-0.05, 0) is 31.0 Å². The summed E-state index contributed by atoms with van der Waals surface area (Å²) in [7, 11) is 0. The third kappa shape index (κ3) is 5.18. The molecule has 3 rings (SSSR count). The summed E-state index contributed by atoms with van der Waals surface area (Å²) < 4.78 is 10.2. The molecule has 9 heteroatoms. The average Bonchev–Trinajstić information content (AvgIpc) is 3.33. The highest BCUT2D eigenvalue weighted by molar-refractivity contribution is 6.30. The van der Waals surface area contributed by atoms with Crippen molar-refractivity contribution in [2.24, 2.45) is 0 Å². The molecule has 1 aliphatic rings. The van der Waals surface area contributed by atoms with E-state index in [9.17, 15) is 9.59 Å². The number of rotatable bonds is 8. The fraction of sp³-hybridized carbons (Fsp3) is 0.375. The van der Waals surface area contributed by atoms with E-state index in [1.165, 1.54) is 0 Å². The van der Waals surface area contributed by atoms with Gasteiger partial charge in [0.15, 0.2) is 12.4 Å². The van der Waals surface area contributed by atoms with E-state index in [2.05, 4.69) is 20.8 Å². The highest BCUT2D eigenvalue weighted by Crippen LogP contribution is 2.38. The van der Waals surface area contributed by atoms with Crippen molar-refractivity contribution in [3.05, 3.63) is 41.0 Å². The zero-order valence-corrected chi connectivity index (χ0v) is 14.1. The molecule has 0 spiro atoms. The van der Waals surface area contributed by atoms with Crippen LogP contribution < -0.4 is 15.4 Å². The lowest BCUT2D eigenvalue weighted by Gasteiger charge is -2.08. The van der Waals surface area contributed by atoms with E-state index in [1.807, 2.05) is 0 Å². The van der Waals surface area contributed by atoms with Crippen LogP contribution in [0.3, 0.4) is 0 Å². The highest BCUT2D eigenvalue weighted by atomic mass is 35.5. The van der Waals surface area contributed by atoms with Crippen molar-refractivity contribution < 1.29 is 18.8 Å². The molecule has 0 bridgehead atoms. The number of halogens is 1. The third-order valence-corrected chi connectivity index (χ3v) is 3.71. The number of benzene rings is 1. The van der Waals surface area contributed by atoms with Gasteiger partial charge < -0.3 is 19.9 Å². The molecular formula is C16H17ClN4O4. The minimum atomic E-state index is -0.455. The monoisotopic (exact) mass is 364 g/mol. The quantitative estimate of drug-likeness (QED) is 0.688. The summed E-state index contributed by atoms with van der Waals surface area (Å²) in [4.78, 5) is 27.6. The van der Waals surface area contributed by atoms with Gasteiger partial charge in [-0.2, -0.15) is 4.98 Å². The minimum Gasteiger partial charge on any atom is -0.484 e. The zero-order valence-electron chi connectivity index (χ0n) is 13.3. The van der Waals surface area contributed by atoms with Crippen LogP contribution in [0.1, 0.15) is 35.3 Å². The summed E-state index contributed by atoms with van der Waals surface area (Å²) in [6, 6.07) is 6.78. The Hall–Kier alpha value is -2.61. The summed E-state index contributed by atoms with van der Waals surface area (Å²) >= 11 is 5.83. The Labute approximate surface area is 148 Å². The number of hydrogen-bond donors (Lipinski definition) is 2. The Balaban J connectivity index is 1.32. The van der Waals surface area contributed by atoms with E-state index < -0.39 is 5.91 Å². The fourth-order valence-corrected chi connectivity index (χ4v) is 2.22. The van der Waals surface area contributed by atoms with Gasteiger partial charge in [-0.3, -0.25) is 9.59 Å². The van der Waals surface area contributed by atoms with Gasteiger partial charge in [0.05, 0.1) is 0 Å². The van der Waals surface area contributed by atoms with E-state index in [4.69, 9.17) is 20.9 Å². The first-order valence-electron chi connectivity index (χ1n) is 7.88. The molecule has 2 amide bonds. The molecule has 2 aromatic rings. The molecule has 132 valence electrons. The molecule has 25 heavy (non-hydrogen) atoms. The van der Waals surface area contributed by atoms with Gasteiger partial charge in [0, 0.05) is 24.0 Å². The summed E-state index contributed by atoms with van der Waals surface area (Å²) in [6.45, 7) is 0.360. The van der Waals surface area contributed by atoms with Crippen LogP contribution in [0.4, 0.5) is 0 Å². The summed E-state index contributed by atoms with van der Waals surface area (Å²) in [5.41, 5.74) is 0. The van der Waals surface area contributed by atoms with Crippen molar-refractivity contribution in [2.75, 3.05) is 19.7 Å². The third-order valence-electron chi connectivity index (χ3n) is 3.48. The first-order valence-corrected chi connectivity index (χ1v) is 8.26. The van der Waals surface area contributed by atoms with E-state index in [-0.39, 0.29) is 31.5 Å². The van der Waals surface area contributed by atoms with Crippen molar-refractivity contribution in [3.63, 3.8) is 0 Å². The zero-order chi connectivity index (χ0) is 17.6. The van der Waals surface area contributed by atoms with E-state index in [1.54, 1.807) is 24.3 Å². The standard InChI is InChI=1S/C16H17ClN4O4/c17-11-2-1-3-12(8-11)24-9-13(22)18-6-7-19-15(23)16-20-14(21-25-16)10-4-5-10/h1-3,8,10H,4-7,9H2,(H,18,22)(H,19,23). The Morgan fingerprint density at radius 2 is 2.08 bits per heavy atom. The number of amides is 2. The number of ether oxygens (including phenoxy) is 1. The lowest BCUT2D eigenvalue weighted by Crippen LogP contribution is -2.36. The van der Waals surface area contributed by atoms with Crippen molar-refractivity contribution in [3.8, 4) is 5.75 Å². The second-order valence-corrected chi connectivity index (χ2v) is 6.02. The molecular weight excluding hydrogens is 348 g/mol. The average molecular weight is 365 g/mol. The number of hydrogen-bond acceptors (Lipinski definition) is 6. The maximum atomic E-state index is 11.8. The number of aromatic nitrogens is 2. The lowest BCUT2D eigenvalue weighted by molar-refractivity contribution is -0.123. The van der Waals surface area contributed by atoms with Gasteiger partial charge >= 0.3 is 11.8 Å². The number of carbonyl (C=O) groups is 2. The summed E-state index contributed by atoms with van der Waals surface area (Å²) in [5.74, 6) is 0.601. The molecule has 0 radical (unpaired) electrons. The number of nitrogens with zero attached hydrogens (tertiary/aromatic N) is 2. The molecule has 2 N–H and O–H groups in total. The molecule has 8 nitrogen and oxygen atoms in total. The van der Waals surface area contributed by atoms with Crippen LogP contribution >= 0.6 is 11.6 Å². The molecule has 1 aromatic carbocycles. The minimum absolute atomic E-state index is 0.0579. The lowest BCUT2D eigenvalue weighted by atomic mass is 10.3. The molecule has 0 aliphatic heterocycles. The second-order valence-electron chi connectivity index (χ2n) is 5.58. The SMILES string of the molecule is O=C(COc1cccc(Cl)c1)NCCNC(=O)c1nc(C2CC2)no1. The molecule has 1 heterocycles. The van der Waals surface area contributed by atoms with E-state index in [0.29, 0.717) is 22.5 Å². The molecule has 1 saturated carbocycles. The summed E-state index contributed by atoms with van der Waals surface area (Å²) in [5, 5.41) is 9.54. The van der Waals surface area contributed by atoms with Crippen molar-refractivity contribution >= 4 is 23.4 Å². The fourth-order valence-electron chi connectivity index (χ4n) is 2.04. The van der Waals surface area contributed by atoms with Gasteiger partial charge in [0.2, 0.25) is 0 Å².